The van der Waals surface area contributed by atoms with Gasteiger partial charge in [0.1, 0.15) is 0 Å². The second kappa shape index (κ2) is 8.92. The Hall–Kier alpha value is -5.67. The highest BCUT2D eigenvalue weighted by Gasteiger charge is 2.18. The van der Waals surface area contributed by atoms with Crippen LogP contribution in [0.25, 0.3) is 77.0 Å². The summed E-state index contributed by atoms with van der Waals surface area (Å²) in [6.07, 6.45) is 1.89. The van der Waals surface area contributed by atoms with Gasteiger partial charge in [-0.25, -0.2) is 0 Å². The third kappa shape index (κ3) is 3.31. The zero-order chi connectivity index (χ0) is 27.6. The molecule has 196 valence electrons. The number of hydrogen-bond acceptors (Lipinski definition) is 1. The Balaban J connectivity index is 1.32. The zero-order valence-corrected chi connectivity index (χ0v) is 22.8. The smallest absolute Gasteiger partial charge is 0.0963 e. The van der Waals surface area contributed by atoms with Crippen molar-refractivity contribution in [1.29, 1.82) is 0 Å². The van der Waals surface area contributed by atoms with Crippen molar-refractivity contribution in [3.05, 3.63) is 152 Å². The molecule has 0 aliphatic heterocycles. The van der Waals surface area contributed by atoms with Gasteiger partial charge in [0.2, 0.25) is 0 Å². The van der Waals surface area contributed by atoms with Crippen LogP contribution in [0.15, 0.2) is 152 Å². The van der Waals surface area contributed by atoms with Gasteiger partial charge in [0.25, 0.3) is 0 Å². The summed E-state index contributed by atoms with van der Waals surface area (Å²) in [5.41, 5.74) is 10.4. The minimum absolute atomic E-state index is 1.02. The van der Waals surface area contributed by atoms with Crippen LogP contribution < -0.4 is 0 Å². The molecule has 0 saturated carbocycles. The van der Waals surface area contributed by atoms with Crippen LogP contribution in [0.2, 0.25) is 0 Å². The van der Waals surface area contributed by atoms with Gasteiger partial charge in [0.15, 0.2) is 0 Å². The van der Waals surface area contributed by atoms with E-state index in [0.29, 0.717) is 0 Å². The van der Waals surface area contributed by atoms with Crippen LogP contribution in [0, 0.1) is 0 Å². The molecule has 0 unspecified atom stereocenters. The van der Waals surface area contributed by atoms with Crippen molar-refractivity contribution in [2.75, 3.05) is 0 Å². The lowest BCUT2D eigenvalue weighted by atomic mass is 9.98. The quantitative estimate of drug-likeness (QED) is 0.221. The third-order valence-electron chi connectivity index (χ3n) is 8.53. The SMILES string of the molecule is c1ccc(-n2c3ccc(-c4cccc5c4c4ccccc4n5-c4ccc5ccccc5c4)cc3c3ncccc32)cc1. The van der Waals surface area contributed by atoms with Gasteiger partial charge in [-0.1, -0.05) is 84.9 Å². The first kappa shape index (κ1) is 23.1. The fraction of sp³-hybridized carbons (Fsp3) is 0. The summed E-state index contributed by atoms with van der Waals surface area (Å²) in [5.74, 6) is 0. The molecule has 6 aromatic carbocycles. The molecule has 0 N–H and O–H groups in total. The van der Waals surface area contributed by atoms with Crippen LogP contribution in [0.1, 0.15) is 0 Å². The summed E-state index contributed by atoms with van der Waals surface area (Å²) >= 11 is 0. The number of pyridine rings is 1. The Kier molecular flexibility index (Phi) is 4.90. The zero-order valence-electron chi connectivity index (χ0n) is 22.8. The van der Waals surface area contributed by atoms with E-state index < -0.39 is 0 Å². The van der Waals surface area contributed by atoms with E-state index in [1.807, 2.05) is 12.3 Å². The average Bonchev–Trinajstić information content (AvgIpc) is 3.58. The molecule has 42 heavy (non-hydrogen) atoms. The van der Waals surface area contributed by atoms with Gasteiger partial charge in [0, 0.05) is 33.7 Å². The second-order valence-corrected chi connectivity index (χ2v) is 10.9. The topological polar surface area (TPSA) is 22.8 Å². The molecule has 0 saturated heterocycles. The number of hydrogen-bond donors (Lipinski definition) is 0. The minimum Gasteiger partial charge on any atom is -0.309 e. The van der Waals surface area contributed by atoms with Crippen LogP contribution in [-0.2, 0) is 0 Å². The van der Waals surface area contributed by atoms with Crippen LogP contribution in [0.5, 0.6) is 0 Å². The first-order valence-corrected chi connectivity index (χ1v) is 14.3. The fourth-order valence-electron chi connectivity index (χ4n) is 6.71. The summed E-state index contributed by atoms with van der Waals surface area (Å²) in [6.45, 7) is 0. The maximum Gasteiger partial charge on any atom is 0.0963 e. The van der Waals surface area contributed by atoms with Crippen molar-refractivity contribution in [3.8, 4) is 22.5 Å². The predicted molar refractivity (Wildman–Crippen MR) is 176 cm³/mol. The minimum atomic E-state index is 1.02. The second-order valence-electron chi connectivity index (χ2n) is 10.9. The van der Waals surface area contributed by atoms with E-state index in [2.05, 4.69) is 149 Å². The molecule has 0 fully saturated rings. The van der Waals surface area contributed by atoms with E-state index in [0.717, 1.165) is 27.6 Å². The van der Waals surface area contributed by atoms with Crippen LogP contribution in [-0.4, -0.2) is 14.1 Å². The predicted octanol–water partition coefficient (Wildman–Crippen LogP) is 10.1. The number of aromatic nitrogens is 3. The van der Waals surface area contributed by atoms with Crippen molar-refractivity contribution in [2.45, 2.75) is 0 Å². The number of benzene rings is 6. The van der Waals surface area contributed by atoms with E-state index in [1.54, 1.807) is 0 Å². The van der Waals surface area contributed by atoms with Crippen molar-refractivity contribution >= 4 is 54.5 Å². The molecule has 9 rings (SSSR count). The molecule has 0 aliphatic rings. The summed E-state index contributed by atoms with van der Waals surface area (Å²) in [6, 6.07) is 52.3. The van der Waals surface area contributed by atoms with E-state index >= 15 is 0 Å². The Labute approximate surface area is 242 Å². The van der Waals surface area contributed by atoms with Crippen molar-refractivity contribution < 1.29 is 0 Å². The molecule has 0 bridgehead atoms. The van der Waals surface area contributed by atoms with Gasteiger partial charge in [-0.2, -0.15) is 0 Å². The number of para-hydroxylation sites is 2. The molecular weight excluding hydrogens is 510 g/mol. The molecule has 0 radical (unpaired) electrons. The van der Waals surface area contributed by atoms with Gasteiger partial charge >= 0.3 is 0 Å². The summed E-state index contributed by atoms with van der Waals surface area (Å²) in [7, 11) is 0. The Morgan fingerprint density at radius 2 is 1.17 bits per heavy atom. The first-order valence-electron chi connectivity index (χ1n) is 14.3. The molecular formula is C39H25N3. The maximum absolute atomic E-state index is 4.85. The molecule has 0 amide bonds. The number of nitrogens with zero attached hydrogens (tertiary/aromatic N) is 3. The van der Waals surface area contributed by atoms with E-state index in [4.69, 9.17) is 4.98 Å². The van der Waals surface area contributed by atoms with E-state index in [9.17, 15) is 0 Å². The molecule has 9 aromatic rings. The highest BCUT2D eigenvalue weighted by molar-refractivity contribution is 6.17. The molecule has 3 heteroatoms. The van der Waals surface area contributed by atoms with Crippen molar-refractivity contribution in [1.82, 2.24) is 14.1 Å². The Morgan fingerprint density at radius 1 is 0.429 bits per heavy atom. The van der Waals surface area contributed by atoms with Crippen LogP contribution in [0.4, 0.5) is 0 Å². The molecule has 0 aliphatic carbocycles. The lowest BCUT2D eigenvalue weighted by molar-refractivity contribution is 1.18. The maximum atomic E-state index is 4.85. The molecule has 3 heterocycles. The Morgan fingerprint density at radius 3 is 2.10 bits per heavy atom. The lowest BCUT2D eigenvalue weighted by Gasteiger charge is -2.10. The molecule has 0 spiro atoms. The van der Waals surface area contributed by atoms with Gasteiger partial charge in [-0.3, -0.25) is 4.98 Å². The largest absolute Gasteiger partial charge is 0.309 e. The summed E-state index contributed by atoms with van der Waals surface area (Å²) in [4.78, 5) is 4.85. The normalized spacial score (nSPS) is 11.8. The average molecular weight is 536 g/mol. The van der Waals surface area contributed by atoms with E-state index in [1.165, 1.54) is 49.4 Å². The Bertz CT molecular complexity index is 2460. The fourth-order valence-corrected chi connectivity index (χ4v) is 6.71. The first-order chi connectivity index (χ1) is 20.8. The van der Waals surface area contributed by atoms with Crippen molar-refractivity contribution in [2.24, 2.45) is 0 Å². The van der Waals surface area contributed by atoms with Gasteiger partial charge in [-0.05, 0) is 82.6 Å². The van der Waals surface area contributed by atoms with Gasteiger partial charge in [-0.15, -0.1) is 0 Å². The highest BCUT2D eigenvalue weighted by atomic mass is 15.0. The standard InChI is InChI=1S/C39H25N3/c1-2-12-29(13-3-1)41-35-22-20-28(25-33(35)39-37(41)18-9-23-40-39)31-15-8-17-36-38(31)32-14-6-7-16-34(32)42(36)30-21-19-26-10-4-5-11-27(26)24-30/h1-25H. The number of rotatable bonds is 3. The third-order valence-corrected chi connectivity index (χ3v) is 8.53. The van der Waals surface area contributed by atoms with Crippen LogP contribution in [0.3, 0.4) is 0 Å². The summed E-state index contributed by atoms with van der Waals surface area (Å²) < 4.78 is 4.72. The van der Waals surface area contributed by atoms with Crippen molar-refractivity contribution in [3.63, 3.8) is 0 Å². The molecule has 3 nitrogen and oxygen atoms in total. The van der Waals surface area contributed by atoms with Gasteiger partial charge in [0.05, 0.1) is 27.6 Å². The van der Waals surface area contributed by atoms with Crippen LogP contribution >= 0.6 is 0 Å². The monoisotopic (exact) mass is 535 g/mol. The van der Waals surface area contributed by atoms with Gasteiger partial charge < -0.3 is 9.13 Å². The summed E-state index contributed by atoms with van der Waals surface area (Å²) in [5, 5.41) is 6.16. The van der Waals surface area contributed by atoms with E-state index in [-0.39, 0.29) is 0 Å². The lowest BCUT2D eigenvalue weighted by Crippen LogP contribution is -1.94. The molecule has 0 atom stereocenters. The molecule has 3 aromatic heterocycles. The highest BCUT2D eigenvalue weighted by Crippen LogP contribution is 2.41. The number of fused-ring (bicyclic) bond motifs is 7.